The van der Waals surface area contributed by atoms with E-state index in [4.69, 9.17) is 23.4 Å². The Bertz CT molecular complexity index is 141. The lowest BCUT2D eigenvalue weighted by Gasteiger charge is -2.11. The summed E-state index contributed by atoms with van der Waals surface area (Å²) in [7, 11) is 0. The number of allylic oxidation sites excluding steroid dienone is 1. The lowest BCUT2D eigenvalue weighted by Crippen LogP contribution is -2.22. The van der Waals surface area contributed by atoms with Crippen LogP contribution >= 0.6 is 23.4 Å². The lowest BCUT2D eigenvalue weighted by atomic mass is 10.6. The zero-order valence-corrected chi connectivity index (χ0v) is 5.32. The van der Waals surface area contributed by atoms with Crippen molar-refractivity contribution < 1.29 is 0 Å². The summed E-state index contributed by atoms with van der Waals surface area (Å²) in [5, 5.41) is 4.06. The molecule has 0 saturated heterocycles. The van der Waals surface area contributed by atoms with Crippen molar-refractivity contribution in [1.29, 1.82) is 0 Å². The number of hydrazone groups is 1. The normalized spacial score (nSPS) is 17.8. The highest BCUT2D eigenvalue weighted by Crippen LogP contribution is 2.04. The average molecular weight is 152 g/mol. The van der Waals surface area contributed by atoms with Crippen LogP contribution in [-0.4, -0.2) is 10.7 Å². The molecule has 0 unspecified atom stereocenters. The van der Waals surface area contributed by atoms with Crippen LogP contribution in [0.4, 0.5) is 0 Å². The van der Waals surface area contributed by atoms with Gasteiger partial charge in [-0.15, -0.1) is 0 Å². The maximum atomic E-state index is 5.46. The topological polar surface area (TPSA) is 27.6 Å². The summed E-state index contributed by atoms with van der Waals surface area (Å²) in [6.07, 6.45) is 2.95. The van der Waals surface area contributed by atoms with Crippen LogP contribution in [0.1, 0.15) is 0 Å². The summed E-state index contributed by atoms with van der Waals surface area (Å²) in [6.45, 7) is 0. The third-order valence-electron chi connectivity index (χ3n) is 0.578. The monoisotopic (exact) mass is 151 g/mol. The largest absolute Gasteiger partial charge is 0.204 e. The van der Waals surface area contributed by atoms with Crippen LogP contribution in [0.15, 0.2) is 16.3 Å². The molecule has 0 aromatic heterocycles. The smallest absolute Gasteiger partial charge is 0.0801 e. The van der Waals surface area contributed by atoms with Crippen molar-refractivity contribution in [3.63, 3.8) is 0 Å². The molecular weight excluding hydrogens is 149 g/mol. The molecule has 0 aromatic rings. The maximum absolute atomic E-state index is 5.46. The van der Waals surface area contributed by atoms with Gasteiger partial charge in [-0.2, -0.15) is 9.63 Å². The Balaban J connectivity index is 2.63. The molecule has 0 aromatic carbocycles. The second-order valence-electron chi connectivity index (χ2n) is 1.18. The first-order chi connectivity index (χ1) is 3.79. The van der Waals surface area contributed by atoms with Gasteiger partial charge in [-0.1, -0.05) is 11.6 Å². The molecule has 0 bridgehead atoms. The fraction of sp³-hybridized carbons (Fsp3) is 0. The minimum Gasteiger partial charge on any atom is -0.204 e. The number of hydrogen-bond acceptors (Lipinski definition) is 3. The molecule has 0 aliphatic carbocycles. The van der Waals surface area contributed by atoms with E-state index in [9.17, 15) is 0 Å². The first-order valence-electron chi connectivity index (χ1n) is 1.90. The molecule has 0 fully saturated rings. The molecular formula is C3H3Cl2N3. The minimum atomic E-state index is 0.499. The van der Waals surface area contributed by atoms with Gasteiger partial charge < -0.3 is 0 Å². The minimum absolute atomic E-state index is 0.499. The summed E-state index contributed by atoms with van der Waals surface area (Å²) in [4.78, 5) is 0. The van der Waals surface area contributed by atoms with Gasteiger partial charge in [-0.05, 0) is 0 Å². The van der Waals surface area contributed by atoms with Crippen LogP contribution in [0.2, 0.25) is 0 Å². The van der Waals surface area contributed by atoms with Gasteiger partial charge in [0.15, 0.2) is 0 Å². The Kier molecular flexibility index (Phi) is 1.60. The van der Waals surface area contributed by atoms with Crippen LogP contribution in [0.25, 0.3) is 0 Å². The molecule has 1 aliphatic heterocycles. The first-order valence-corrected chi connectivity index (χ1v) is 2.62. The van der Waals surface area contributed by atoms with Crippen LogP contribution < -0.4 is 5.53 Å². The van der Waals surface area contributed by atoms with E-state index < -0.39 is 0 Å². The van der Waals surface area contributed by atoms with E-state index in [-0.39, 0.29) is 0 Å². The first kappa shape index (κ1) is 5.72. The molecule has 3 nitrogen and oxygen atoms in total. The molecule has 1 heterocycles. The van der Waals surface area contributed by atoms with Gasteiger partial charge in [-0.3, -0.25) is 0 Å². The second kappa shape index (κ2) is 2.24. The van der Waals surface area contributed by atoms with Gasteiger partial charge in [0.2, 0.25) is 0 Å². The molecule has 0 saturated carbocycles. The number of nitrogens with one attached hydrogen (secondary N) is 1. The Hall–Kier alpha value is -0.410. The Morgan fingerprint density at radius 3 is 2.88 bits per heavy atom. The van der Waals surface area contributed by atoms with E-state index >= 15 is 0 Å². The van der Waals surface area contributed by atoms with Crippen LogP contribution in [0, 0.1) is 0 Å². The molecule has 1 aliphatic rings. The molecule has 0 radical (unpaired) electrons. The molecule has 0 amide bonds. The van der Waals surface area contributed by atoms with E-state index in [1.807, 2.05) is 0 Å². The predicted octanol–water partition coefficient (Wildman–Crippen LogP) is 1.03. The highest BCUT2D eigenvalue weighted by molar-refractivity contribution is 6.39. The summed E-state index contributed by atoms with van der Waals surface area (Å²) in [5.74, 6) is 0. The quantitative estimate of drug-likeness (QED) is 0.525. The summed E-state index contributed by atoms with van der Waals surface area (Å²) in [6, 6.07) is 0. The standard InChI is InChI=1S/C3H3Cl2N3/c4-3-1-6-7-8(5)2-3/h1-2,7H. The summed E-state index contributed by atoms with van der Waals surface area (Å²) >= 11 is 10.8. The highest BCUT2D eigenvalue weighted by Gasteiger charge is 1.97. The molecule has 5 heteroatoms. The van der Waals surface area contributed by atoms with Crippen molar-refractivity contribution >= 4 is 29.6 Å². The molecule has 8 heavy (non-hydrogen) atoms. The van der Waals surface area contributed by atoms with Crippen molar-refractivity contribution in [3.05, 3.63) is 11.2 Å². The number of nitrogens with zero attached hydrogens (tertiary/aromatic N) is 2. The zero-order chi connectivity index (χ0) is 5.98. The average Bonchev–Trinajstić information content (AvgIpc) is 1.64. The maximum Gasteiger partial charge on any atom is 0.0801 e. The highest BCUT2D eigenvalue weighted by atomic mass is 35.5. The molecule has 1 N–H and O–H groups in total. The Morgan fingerprint density at radius 1 is 1.75 bits per heavy atom. The van der Waals surface area contributed by atoms with E-state index in [0.717, 1.165) is 4.53 Å². The van der Waals surface area contributed by atoms with Gasteiger partial charge in [0.25, 0.3) is 0 Å². The molecule has 0 atom stereocenters. The van der Waals surface area contributed by atoms with Crippen molar-refractivity contribution in [2.45, 2.75) is 0 Å². The van der Waals surface area contributed by atoms with E-state index in [1.165, 1.54) is 12.4 Å². The predicted molar refractivity (Wildman–Crippen MR) is 33.3 cm³/mol. The second-order valence-corrected chi connectivity index (χ2v) is 1.98. The fourth-order valence-corrected chi connectivity index (χ4v) is 0.661. The Labute approximate surface area is 56.6 Å². The molecule has 0 spiro atoms. The molecule has 44 valence electrons. The SMILES string of the molecule is ClC1=CN(Cl)NN=C1. The van der Waals surface area contributed by atoms with Gasteiger partial charge in [0, 0.05) is 11.8 Å². The number of hydrogen-bond donors (Lipinski definition) is 1. The number of halogens is 2. The van der Waals surface area contributed by atoms with Crippen molar-refractivity contribution in [2.24, 2.45) is 5.10 Å². The van der Waals surface area contributed by atoms with E-state index in [2.05, 4.69) is 10.6 Å². The third kappa shape index (κ3) is 1.28. The zero-order valence-electron chi connectivity index (χ0n) is 3.81. The van der Waals surface area contributed by atoms with Crippen molar-refractivity contribution in [2.75, 3.05) is 0 Å². The van der Waals surface area contributed by atoms with Gasteiger partial charge in [0.1, 0.15) is 0 Å². The van der Waals surface area contributed by atoms with Crippen LogP contribution in [0.5, 0.6) is 0 Å². The van der Waals surface area contributed by atoms with Gasteiger partial charge >= 0.3 is 0 Å². The van der Waals surface area contributed by atoms with Gasteiger partial charge in [0.05, 0.1) is 17.4 Å². The third-order valence-corrected chi connectivity index (χ3v) is 0.946. The van der Waals surface area contributed by atoms with Crippen molar-refractivity contribution in [3.8, 4) is 0 Å². The number of hydrazine groups is 1. The van der Waals surface area contributed by atoms with Gasteiger partial charge in [-0.25, -0.2) is 5.53 Å². The lowest BCUT2D eigenvalue weighted by molar-refractivity contribution is 0.450. The summed E-state index contributed by atoms with van der Waals surface area (Å²) in [5.41, 5.74) is 2.42. The van der Waals surface area contributed by atoms with Crippen molar-refractivity contribution in [1.82, 2.24) is 10.1 Å². The number of rotatable bonds is 0. The Morgan fingerprint density at radius 2 is 2.50 bits per heavy atom. The van der Waals surface area contributed by atoms with Crippen LogP contribution in [-0.2, 0) is 0 Å². The van der Waals surface area contributed by atoms with Crippen LogP contribution in [0.3, 0.4) is 0 Å². The molecule has 1 rings (SSSR count). The van der Waals surface area contributed by atoms with E-state index in [0.29, 0.717) is 5.03 Å². The van der Waals surface area contributed by atoms with E-state index in [1.54, 1.807) is 0 Å². The fourth-order valence-electron chi connectivity index (χ4n) is 0.316. The summed E-state index contributed by atoms with van der Waals surface area (Å²) < 4.78 is 1.14.